The molecule has 0 saturated carbocycles. The average Bonchev–Trinajstić information content (AvgIpc) is 2.29. The zero-order chi connectivity index (χ0) is 12.2. The molecule has 1 aromatic rings. The Morgan fingerprint density at radius 1 is 1.69 bits per heavy atom. The maximum Gasteiger partial charge on any atom is 0.379 e. The van der Waals surface area contributed by atoms with Crippen LogP contribution in [0, 0.1) is 0 Å². The maximum absolute atomic E-state index is 13.5. The highest BCUT2D eigenvalue weighted by molar-refractivity contribution is 5.78. The number of carbonyl (C=O) groups excluding carboxylic acids is 1. The first-order valence-electron chi connectivity index (χ1n) is 4.70. The Bertz CT molecular complexity index is 357. The first kappa shape index (κ1) is 12.5. The third kappa shape index (κ3) is 2.52. The number of rotatable bonds is 4. The molecule has 0 unspecified atom stereocenters. The van der Waals surface area contributed by atoms with Gasteiger partial charge in [0.25, 0.3) is 0 Å². The van der Waals surface area contributed by atoms with Gasteiger partial charge in [-0.3, -0.25) is 4.98 Å². The molecule has 16 heavy (non-hydrogen) atoms. The number of nitrogens with two attached hydrogens (primary N) is 1. The van der Waals surface area contributed by atoms with Gasteiger partial charge in [-0.05, 0) is 18.6 Å². The molecular weight excluding hydrogens is 218 g/mol. The number of hydrogen-bond donors (Lipinski definition) is 1. The molecule has 1 rings (SSSR count). The van der Waals surface area contributed by atoms with Crippen molar-refractivity contribution in [1.82, 2.24) is 4.98 Å². The van der Waals surface area contributed by atoms with Gasteiger partial charge in [-0.25, -0.2) is 4.79 Å². The number of aromatic nitrogens is 1. The van der Waals surface area contributed by atoms with Crippen LogP contribution >= 0.6 is 0 Å². The molecule has 2 N–H and O–H groups in total. The quantitative estimate of drug-likeness (QED) is 0.791. The van der Waals surface area contributed by atoms with Crippen LogP contribution in [0.2, 0.25) is 0 Å². The summed E-state index contributed by atoms with van der Waals surface area (Å²) >= 11 is 0. The number of hydrogen-bond acceptors (Lipinski definition) is 4. The van der Waals surface area contributed by atoms with Gasteiger partial charge in [-0.2, -0.15) is 8.78 Å². The molecule has 4 nitrogen and oxygen atoms in total. The highest BCUT2D eigenvalue weighted by Crippen LogP contribution is 2.29. The van der Waals surface area contributed by atoms with E-state index in [0.29, 0.717) is 0 Å². The molecule has 88 valence electrons. The summed E-state index contributed by atoms with van der Waals surface area (Å²) < 4.78 is 31.2. The van der Waals surface area contributed by atoms with Gasteiger partial charge in [0.1, 0.15) is 6.04 Å². The van der Waals surface area contributed by atoms with E-state index in [4.69, 9.17) is 5.73 Å². The van der Waals surface area contributed by atoms with Gasteiger partial charge in [0.05, 0.1) is 6.61 Å². The number of ether oxygens (including phenoxy) is 1. The fourth-order valence-electron chi connectivity index (χ4n) is 1.12. The zero-order valence-electron chi connectivity index (χ0n) is 8.69. The van der Waals surface area contributed by atoms with Crippen molar-refractivity contribution < 1.29 is 18.3 Å². The maximum atomic E-state index is 13.5. The van der Waals surface area contributed by atoms with E-state index in [1.165, 1.54) is 31.5 Å². The van der Waals surface area contributed by atoms with E-state index in [2.05, 4.69) is 9.72 Å². The van der Waals surface area contributed by atoms with Crippen molar-refractivity contribution in [2.45, 2.75) is 18.9 Å². The molecule has 0 aliphatic heterocycles. The van der Waals surface area contributed by atoms with Crippen molar-refractivity contribution in [3.05, 3.63) is 30.1 Å². The van der Waals surface area contributed by atoms with Crippen LogP contribution in [0.5, 0.6) is 0 Å². The predicted octanol–water partition coefficient (Wildman–Crippen LogP) is 1.28. The van der Waals surface area contributed by atoms with Crippen molar-refractivity contribution >= 4 is 5.97 Å². The molecule has 0 bridgehead atoms. The fourth-order valence-corrected chi connectivity index (χ4v) is 1.12. The van der Waals surface area contributed by atoms with Gasteiger partial charge < -0.3 is 10.5 Å². The van der Waals surface area contributed by atoms with E-state index in [1.807, 2.05) is 0 Å². The Hall–Kier alpha value is -1.56. The summed E-state index contributed by atoms with van der Waals surface area (Å²) in [7, 11) is 0. The van der Waals surface area contributed by atoms with Gasteiger partial charge >= 0.3 is 11.9 Å². The van der Waals surface area contributed by atoms with Crippen LogP contribution in [0.15, 0.2) is 24.5 Å². The number of alkyl halides is 2. The first-order valence-corrected chi connectivity index (χ1v) is 4.70. The molecule has 0 spiro atoms. The number of pyridine rings is 1. The van der Waals surface area contributed by atoms with Crippen molar-refractivity contribution in [1.29, 1.82) is 0 Å². The monoisotopic (exact) mass is 230 g/mol. The molecule has 0 fully saturated rings. The minimum atomic E-state index is -3.75. The van der Waals surface area contributed by atoms with Crippen LogP contribution in [0.4, 0.5) is 8.78 Å². The van der Waals surface area contributed by atoms with Gasteiger partial charge in [0.15, 0.2) is 0 Å². The second-order valence-electron chi connectivity index (χ2n) is 3.11. The molecule has 0 aliphatic rings. The van der Waals surface area contributed by atoms with E-state index < -0.39 is 17.9 Å². The van der Waals surface area contributed by atoms with Gasteiger partial charge in [-0.15, -0.1) is 0 Å². The Labute approximate surface area is 91.4 Å². The standard InChI is InChI=1S/C10H12F2N2O2/c1-2-16-9(15)10(11,12)8(13)7-4-3-5-14-6-7/h3-6,8H,2,13H2,1H3/t8-/m1/s1. The van der Waals surface area contributed by atoms with Crippen LogP contribution in [0.3, 0.4) is 0 Å². The minimum absolute atomic E-state index is 0.0838. The molecular formula is C10H12F2N2O2. The lowest BCUT2D eigenvalue weighted by Crippen LogP contribution is -2.41. The summed E-state index contributed by atoms with van der Waals surface area (Å²) in [6.07, 6.45) is 2.62. The molecule has 1 atom stereocenters. The van der Waals surface area contributed by atoms with Crippen molar-refractivity contribution in [2.75, 3.05) is 6.61 Å². The average molecular weight is 230 g/mol. The van der Waals surface area contributed by atoms with Crippen LogP contribution < -0.4 is 5.73 Å². The second-order valence-corrected chi connectivity index (χ2v) is 3.11. The molecule has 1 heterocycles. The second kappa shape index (κ2) is 4.98. The highest BCUT2D eigenvalue weighted by Gasteiger charge is 2.47. The lowest BCUT2D eigenvalue weighted by molar-refractivity contribution is -0.174. The van der Waals surface area contributed by atoms with Gasteiger partial charge in [0.2, 0.25) is 0 Å². The van der Waals surface area contributed by atoms with Crippen LogP contribution in [-0.4, -0.2) is 23.5 Å². The summed E-state index contributed by atoms with van der Waals surface area (Å²) in [5.74, 6) is -5.37. The molecule has 1 aromatic heterocycles. The SMILES string of the molecule is CCOC(=O)C(F)(F)[C@H](N)c1cccnc1. The van der Waals surface area contributed by atoms with Gasteiger partial charge in [-0.1, -0.05) is 6.07 Å². The zero-order valence-corrected chi connectivity index (χ0v) is 8.69. The molecule has 0 radical (unpaired) electrons. The normalized spacial score (nSPS) is 13.2. The molecule has 0 aliphatic carbocycles. The first-order chi connectivity index (χ1) is 7.50. The minimum Gasteiger partial charge on any atom is -0.462 e. The van der Waals surface area contributed by atoms with E-state index in [-0.39, 0.29) is 12.2 Å². The lowest BCUT2D eigenvalue weighted by atomic mass is 10.0. The lowest BCUT2D eigenvalue weighted by Gasteiger charge is -2.21. The van der Waals surface area contributed by atoms with Crippen molar-refractivity contribution in [2.24, 2.45) is 5.73 Å². The Kier molecular flexibility index (Phi) is 3.89. The Morgan fingerprint density at radius 3 is 2.88 bits per heavy atom. The highest BCUT2D eigenvalue weighted by atomic mass is 19.3. The Morgan fingerprint density at radius 2 is 2.38 bits per heavy atom. The summed E-state index contributed by atoms with van der Waals surface area (Å²) in [6.45, 7) is 1.33. The topological polar surface area (TPSA) is 65.2 Å². The van der Waals surface area contributed by atoms with E-state index in [0.717, 1.165) is 0 Å². The van der Waals surface area contributed by atoms with Crippen LogP contribution in [-0.2, 0) is 9.53 Å². The molecule has 0 amide bonds. The third-order valence-corrected chi connectivity index (χ3v) is 1.98. The summed E-state index contributed by atoms with van der Waals surface area (Å²) in [6, 6.07) is 1.10. The largest absolute Gasteiger partial charge is 0.462 e. The van der Waals surface area contributed by atoms with Crippen LogP contribution in [0.25, 0.3) is 0 Å². The van der Waals surface area contributed by atoms with E-state index >= 15 is 0 Å². The Balaban J connectivity index is 2.87. The third-order valence-electron chi connectivity index (χ3n) is 1.98. The molecule has 6 heteroatoms. The molecule has 0 aromatic carbocycles. The van der Waals surface area contributed by atoms with E-state index in [1.54, 1.807) is 0 Å². The number of nitrogens with zero attached hydrogens (tertiary/aromatic N) is 1. The number of halogens is 2. The predicted molar refractivity (Wildman–Crippen MR) is 52.7 cm³/mol. The molecule has 0 saturated heterocycles. The number of carbonyl (C=O) groups is 1. The summed E-state index contributed by atoms with van der Waals surface area (Å²) in [5, 5.41) is 0. The smallest absolute Gasteiger partial charge is 0.379 e. The fraction of sp³-hybridized carbons (Fsp3) is 0.400. The van der Waals surface area contributed by atoms with Crippen molar-refractivity contribution in [3.8, 4) is 0 Å². The van der Waals surface area contributed by atoms with Crippen LogP contribution in [0.1, 0.15) is 18.5 Å². The van der Waals surface area contributed by atoms with Gasteiger partial charge in [0, 0.05) is 12.4 Å². The summed E-state index contributed by atoms with van der Waals surface area (Å²) in [4.78, 5) is 14.7. The van der Waals surface area contributed by atoms with Crippen molar-refractivity contribution in [3.63, 3.8) is 0 Å². The van der Waals surface area contributed by atoms with E-state index in [9.17, 15) is 13.6 Å². The number of esters is 1. The summed E-state index contributed by atoms with van der Waals surface area (Å²) in [5.41, 5.74) is 5.40.